The zero-order chi connectivity index (χ0) is 18.4. The average Bonchev–Trinajstić information content (AvgIpc) is 3.18. The molecule has 0 spiro atoms. The highest BCUT2D eigenvalue weighted by Crippen LogP contribution is 2.18. The average molecular weight is 375 g/mol. The standard InChI is InChI=1S/C19H23ClN4O2/c20-17-7-2-1-6-16(17)19(26)21-13-15-5-3-10-23(14-15)18(25)8-12-24-11-4-9-22-24/h1-2,4,6-7,9,11,15H,3,5,8,10,12-14H2,(H,21,26)/t15-/m1/s1. The van der Waals surface area contributed by atoms with E-state index in [-0.39, 0.29) is 17.7 Å². The van der Waals surface area contributed by atoms with Gasteiger partial charge in [-0.3, -0.25) is 14.3 Å². The molecule has 6 nitrogen and oxygen atoms in total. The maximum Gasteiger partial charge on any atom is 0.252 e. The summed E-state index contributed by atoms with van der Waals surface area (Å²) in [5.74, 6) is 0.240. The van der Waals surface area contributed by atoms with Crippen molar-refractivity contribution in [3.63, 3.8) is 0 Å². The Morgan fingerprint density at radius 2 is 2.12 bits per heavy atom. The monoisotopic (exact) mass is 374 g/mol. The van der Waals surface area contributed by atoms with Crippen molar-refractivity contribution in [2.45, 2.75) is 25.8 Å². The fourth-order valence-electron chi connectivity index (χ4n) is 3.24. The van der Waals surface area contributed by atoms with Crippen molar-refractivity contribution in [1.82, 2.24) is 20.0 Å². The quantitative estimate of drug-likeness (QED) is 0.845. The van der Waals surface area contributed by atoms with Gasteiger partial charge in [0, 0.05) is 45.0 Å². The lowest BCUT2D eigenvalue weighted by atomic mass is 9.97. The summed E-state index contributed by atoms with van der Waals surface area (Å²) in [7, 11) is 0. The van der Waals surface area contributed by atoms with Crippen LogP contribution in [-0.2, 0) is 11.3 Å². The highest BCUT2D eigenvalue weighted by atomic mass is 35.5. The molecular formula is C19H23ClN4O2. The summed E-state index contributed by atoms with van der Waals surface area (Å²) in [6.45, 7) is 2.61. The lowest BCUT2D eigenvalue weighted by Crippen LogP contribution is -2.44. The van der Waals surface area contributed by atoms with Gasteiger partial charge >= 0.3 is 0 Å². The van der Waals surface area contributed by atoms with Gasteiger partial charge in [-0.1, -0.05) is 23.7 Å². The molecule has 2 heterocycles. The highest BCUT2D eigenvalue weighted by molar-refractivity contribution is 6.33. The van der Waals surface area contributed by atoms with Gasteiger partial charge < -0.3 is 10.2 Å². The van der Waals surface area contributed by atoms with Crippen molar-refractivity contribution in [3.8, 4) is 0 Å². The number of likely N-dealkylation sites (tertiary alicyclic amines) is 1. The fourth-order valence-corrected chi connectivity index (χ4v) is 3.46. The van der Waals surface area contributed by atoms with Gasteiger partial charge in [-0.25, -0.2) is 0 Å². The minimum Gasteiger partial charge on any atom is -0.352 e. The molecule has 26 heavy (non-hydrogen) atoms. The molecule has 1 saturated heterocycles. The van der Waals surface area contributed by atoms with Gasteiger partial charge in [-0.05, 0) is 37.0 Å². The van der Waals surface area contributed by atoms with Crippen LogP contribution in [0.2, 0.25) is 5.02 Å². The topological polar surface area (TPSA) is 67.2 Å². The molecule has 1 aromatic heterocycles. The third-order valence-corrected chi connectivity index (χ3v) is 4.99. The molecule has 1 N–H and O–H groups in total. The van der Waals surface area contributed by atoms with E-state index in [0.717, 1.165) is 19.4 Å². The summed E-state index contributed by atoms with van der Waals surface area (Å²) < 4.78 is 1.77. The first-order chi connectivity index (χ1) is 12.6. The molecule has 3 rings (SSSR count). The molecule has 0 bridgehead atoms. The summed E-state index contributed by atoms with van der Waals surface area (Å²) >= 11 is 6.06. The molecular weight excluding hydrogens is 352 g/mol. The molecule has 1 atom stereocenters. The van der Waals surface area contributed by atoms with Gasteiger partial charge in [0.2, 0.25) is 5.91 Å². The third kappa shape index (κ3) is 4.85. The zero-order valence-electron chi connectivity index (χ0n) is 14.6. The van der Waals surface area contributed by atoms with Crippen LogP contribution in [0.1, 0.15) is 29.6 Å². The number of benzene rings is 1. The van der Waals surface area contributed by atoms with Crippen molar-refractivity contribution in [2.24, 2.45) is 5.92 Å². The van der Waals surface area contributed by atoms with E-state index < -0.39 is 0 Å². The van der Waals surface area contributed by atoms with Crippen LogP contribution in [0.25, 0.3) is 0 Å². The molecule has 0 unspecified atom stereocenters. The number of aryl methyl sites for hydroxylation is 1. The summed E-state index contributed by atoms with van der Waals surface area (Å²) in [4.78, 5) is 26.6. The summed E-state index contributed by atoms with van der Waals surface area (Å²) in [5.41, 5.74) is 0.483. The predicted octanol–water partition coefficient (Wildman–Crippen LogP) is 2.60. The van der Waals surface area contributed by atoms with Gasteiger partial charge in [0.15, 0.2) is 0 Å². The lowest BCUT2D eigenvalue weighted by molar-refractivity contribution is -0.133. The Labute approximate surface area is 158 Å². The number of nitrogens with zero attached hydrogens (tertiary/aromatic N) is 3. The van der Waals surface area contributed by atoms with Gasteiger partial charge in [-0.15, -0.1) is 0 Å². The van der Waals surface area contributed by atoms with Crippen molar-refractivity contribution in [2.75, 3.05) is 19.6 Å². The Hall–Kier alpha value is -2.34. The van der Waals surface area contributed by atoms with E-state index >= 15 is 0 Å². The molecule has 138 valence electrons. The van der Waals surface area contributed by atoms with Crippen LogP contribution in [0, 0.1) is 5.92 Å². The second kappa shape index (κ2) is 8.85. The number of amides is 2. The van der Waals surface area contributed by atoms with Gasteiger partial charge in [0.05, 0.1) is 10.6 Å². The zero-order valence-corrected chi connectivity index (χ0v) is 15.4. The molecule has 0 saturated carbocycles. The Morgan fingerprint density at radius 1 is 1.27 bits per heavy atom. The SMILES string of the molecule is O=C(NC[C@H]1CCCN(C(=O)CCn2cccn2)C1)c1ccccc1Cl. The van der Waals surface area contributed by atoms with Crippen LogP contribution < -0.4 is 5.32 Å². The largest absolute Gasteiger partial charge is 0.352 e. The Morgan fingerprint density at radius 3 is 2.88 bits per heavy atom. The van der Waals surface area contributed by atoms with Crippen molar-refractivity contribution >= 4 is 23.4 Å². The van der Waals surface area contributed by atoms with E-state index in [2.05, 4.69) is 10.4 Å². The third-order valence-electron chi connectivity index (χ3n) is 4.66. The summed E-state index contributed by atoms with van der Waals surface area (Å²) in [5, 5.41) is 7.52. The molecule has 1 fully saturated rings. The Balaban J connectivity index is 1.46. The number of rotatable bonds is 6. The van der Waals surface area contributed by atoms with Crippen LogP contribution in [0.15, 0.2) is 42.7 Å². The smallest absolute Gasteiger partial charge is 0.252 e. The highest BCUT2D eigenvalue weighted by Gasteiger charge is 2.24. The number of hydrogen-bond donors (Lipinski definition) is 1. The Bertz CT molecular complexity index is 748. The van der Waals surface area contributed by atoms with E-state index in [0.29, 0.717) is 36.6 Å². The number of carbonyl (C=O) groups excluding carboxylic acids is 2. The second-order valence-corrected chi connectivity index (χ2v) is 6.96. The van der Waals surface area contributed by atoms with Crippen LogP contribution >= 0.6 is 11.6 Å². The number of halogens is 1. The number of hydrogen-bond acceptors (Lipinski definition) is 3. The van der Waals surface area contributed by atoms with E-state index in [9.17, 15) is 9.59 Å². The lowest BCUT2D eigenvalue weighted by Gasteiger charge is -2.33. The molecule has 1 aliphatic rings. The molecule has 1 aromatic carbocycles. The molecule has 2 amide bonds. The summed E-state index contributed by atoms with van der Waals surface area (Å²) in [6.07, 6.45) is 5.98. The normalized spacial score (nSPS) is 17.1. The summed E-state index contributed by atoms with van der Waals surface area (Å²) in [6, 6.07) is 8.86. The van der Waals surface area contributed by atoms with Crippen LogP contribution in [0.5, 0.6) is 0 Å². The van der Waals surface area contributed by atoms with Crippen molar-refractivity contribution in [1.29, 1.82) is 0 Å². The number of aromatic nitrogens is 2. The van der Waals surface area contributed by atoms with E-state index in [4.69, 9.17) is 11.6 Å². The van der Waals surface area contributed by atoms with E-state index in [1.165, 1.54) is 0 Å². The fraction of sp³-hybridized carbons (Fsp3) is 0.421. The van der Waals surface area contributed by atoms with E-state index in [1.807, 2.05) is 17.2 Å². The second-order valence-electron chi connectivity index (χ2n) is 6.56. The van der Waals surface area contributed by atoms with Gasteiger partial charge in [0.1, 0.15) is 0 Å². The minimum atomic E-state index is -0.169. The minimum absolute atomic E-state index is 0.141. The van der Waals surface area contributed by atoms with Crippen molar-refractivity contribution < 1.29 is 9.59 Å². The number of piperidine rings is 1. The predicted molar refractivity (Wildman–Crippen MR) is 99.9 cm³/mol. The van der Waals surface area contributed by atoms with Crippen LogP contribution in [0.4, 0.5) is 0 Å². The maximum atomic E-state index is 12.4. The number of carbonyl (C=O) groups is 2. The van der Waals surface area contributed by atoms with Crippen LogP contribution in [-0.4, -0.2) is 46.1 Å². The van der Waals surface area contributed by atoms with Gasteiger partial charge in [0.25, 0.3) is 5.91 Å². The maximum absolute atomic E-state index is 12.4. The van der Waals surface area contributed by atoms with Crippen molar-refractivity contribution in [3.05, 3.63) is 53.3 Å². The Kier molecular flexibility index (Phi) is 6.28. The number of nitrogens with one attached hydrogen (secondary N) is 1. The molecule has 2 aromatic rings. The molecule has 7 heteroatoms. The molecule has 0 aliphatic carbocycles. The van der Waals surface area contributed by atoms with Crippen LogP contribution in [0.3, 0.4) is 0 Å². The molecule has 1 aliphatic heterocycles. The first kappa shape index (κ1) is 18.5. The van der Waals surface area contributed by atoms with Gasteiger partial charge in [-0.2, -0.15) is 5.10 Å². The molecule has 0 radical (unpaired) electrons. The first-order valence-corrected chi connectivity index (χ1v) is 9.29. The van der Waals surface area contributed by atoms with E-state index in [1.54, 1.807) is 35.1 Å². The first-order valence-electron chi connectivity index (χ1n) is 8.91.